The molecule has 0 atom stereocenters. The van der Waals surface area contributed by atoms with E-state index in [1.807, 2.05) is 42.6 Å². The van der Waals surface area contributed by atoms with Crippen LogP contribution in [0, 0.1) is 5.92 Å². The SMILES string of the molecule is O=C(CCl)NCC1CCN(c2cnc(-c3ccccc3)c(-c3ccccc3)n2)CC1. The molecule has 0 radical (unpaired) electrons. The van der Waals surface area contributed by atoms with Crippen LogP contribution in [-0.2, 0) is 4.79 Å². The number of hydrogen-bond acceptors (Lipinski definition) is 4. The number of carbonyl (C=O) groups excluding carboxylic acids is 1. The molecular formula is C24H25ClN4O. The normalized spacial score (nSPS) is 14.5. The van der Waals surface area contributed by atoms with Crippen LogP contribution in [0.1, 0.15) is 12.8 Å². The van der Waals surface area contributed by atoms with Crippen molar-refractivity contribution in [2.24, 2.45) is 5.92 Å². The maximum Gasteiger partial charge on any atom is 0.234 e. The molecule has 1 aromatic heterocycles. The fourth-order valence-electron chi connectivity index (χ4n) is 3.81. The number of nitrogens with one attached hydrogen (secondary N) is 1. The van der Waals surface area contributed by atoms with Gasteiger partial charge in [-0.1, -0.05) is 60.7 Å². The van der Waals surface area contributed by atoms with Gasteiger partial charge in [0.1, 0.15) is 11.7 Å². The minimum absolute atomic E-state index is 0.0183. The van der Waals surface area contributed by atoms with Gasteiger partial charge in [-0.2, -0.15) is 0 Å². The highest BCUT2D eigenvalue weighted by atomic mass is 35.5. The Morgan fingerprint density at radius 2 is 1.57 bits per heavy atom. The van der Waals surface area contributed by atoms with Crippen LogP contribution in [0.3, 0.4) is 0 Å². The quantitative estimate of drug-likeness (QED) is 0.601. The molecule has 3 aromatic rings. The van der Waals surface area contributed by atoms with Crippen molar-refractivity contribution in [3.63, 3.8) is 0 Å². The lowest BCUT2D eigenvalue weighted by molar-refractivity contribution is -0.118. The number of anilines is 1. The molecule has 4 rings (SSSR count). The summed E-state index contributed by atoms with van der Waals surface area (Å²) in [5.41, 5.74) is 3.91. The number of rotatable bonds is 6. The highest BCUT2D eigenvalue weighted by Gasteiger charge is 2.22. The van der Waals surface area contributed by atoms with Crippen LogP contribution in [-0.4, -0.2) is 41.4 Å². The van der Waals surface area contributed by atoms with Gasteiger partial charge in [-0.25, -0.2) is 4.98 Å². The van der Waals surface area contributed by atoms with E-state index < -0.39 is 0 Å². The van der Waals surface area contributed by atoms with Crippen molar-refractivity contribution in [2.45, 2.75) is 12.8 Å². The van der Waals surface area contributed by atoms with Crippen LogP contribution in [0.4, 0.5) is 5.82 Å². The molecule has 5 nitrogen and oxygen atoms in total. The van der Waals surface area contributed by atoms with E-state index in [1.165, 1.54) is 0 Å². The third-order valence-electron chi connectivity index (χ3n) is 5.50. The van der Waals surface area contributed by atoms with Crippen molar-refractivity contribution >= 4 is 23.3 Å². The van der Waals surface area contributed by atoms with Gasteiger partial charge < -0.3 is 10.2 Å². The standard InChI is InChI=1S/C24H25ClN4O/c25-15-22(30)26-16-18-11-13-29(14-12-18)21-17-27-23(19-7-3-1-4-8-19)24(28-21)20-9-5-2-6-10-20/h1-10,17-18H,11-16H2,(H,26,30). The lowest BCUT2D eigenvalue weighted by atomic mass is 9.97. The molecule has 0 bridgehead atoms. The lowest BCUT2D eigenvalue weighted by Gasteiger charge is -2.33. The lowest BCUT2D eigenvalue weighted by Crippen LogP contribution is -2.39. The highest BCUT2D eigenvalue weighted by Crippen LogP contribution is 2.31. The molecule has 154 valence electrons. The Labute approximate surface area is 182 Å². The molecule has 2 heterocycles. The summed E-state index contributed by atoms with van der Waals surface area (Å²) in [5.74, 6) is 1.29. The predicted octanol–water partition coefficient (Wildman–Crippen LogP) is 4.38. The number of piperidine rings is 1. The van der Waals surface area contributed by atoms with E-state index in [1.54, 1.807) is 0 Å². The molecule has 1 aliphatic heterocycles. The fraction of sp³-hybridized carbons (Fsp3) is 0.292. The second-order valence-electron chi connectivity index (χ2n) is 7.53. The first-order valence-electron chi connectivity index (χ1n) is 10.3. The van der Waals surface area contributed by atoms with Gasteiger partial charge in [0.25, 0.3) is 0 Å². The van der Waals surface area contributed by atoms with Gasteiger partial charge in [-0.15, -0.1) is 11.6 Å². The molecule has 1 saturated heterocycles. The van der Waals surface area contributed by atoms with E-state index in [0.29, 0.717) is 12.5 Å². The number of nitrogens with zero attached hydrogens (tertiary/aromatic N) is 3. The monoisotopic (exact) mass is 420 g/mol. The van der Waals surface area contributed by atoms with Crippen LogP contribution in [0.2, 0.25) is 0 Å². The summed E-state index contributed by atoms with van der Waals surface area (Å²) in [6, 6.07) is 20.4. The zero-order valence-electron chi connectivity index (χ0n) is 16.8. The van der Waals surface area contributed by atoms with Crippen molar-refractivity contribution in [1.29, 1.82) is 0 Å². The zero-order valence-corrected chi connectivity index (χ0v) is 17.6. The molecule has 30 heavy (non-hydrogen) atoms. The Bertz CT molecular complexity index is 973. The van der Waals surface area contributed by atoms with E-state index in [9.17, 15) is 4.79 Å². The van der Waals surface area contributed by atoms with E-state index in [4.69, 9.17) is 21.6 Å². The summed E-state index contributed by atoms with van der Waals surface area (Å²) in [6.07, 6.45) is 3.89. The van der Waals surface area contributed by atoms with Gasteiger partial charge in [-0.05, 0) is 18.8 Å². The van der Waals surface area contributed by atoms with Crippen LogP contribution in [0.25, 0.3) is 22.5 Å². The molecule has 0 aliphatic carbocycles. The van der Waals surface area contributed by atoms with Crippen LogP contribution in [0.15, 0.2) is 66.9 Å². The Morgan fingerprint density at radius 3 is 2.17 bits per heavy atom. The number of aromatic nitrogens is 2. The molecule has 2 aromatic carbocycles. The Kier molecular flexibility index (Phi) is 6.60. The molecule has 1 amide bonds. The third-order valence-corrected chi connectivity index (χ3v) is 5.74. The van der Waals surface area contributed by atoms with Crippen LogP contribution >= 0.6 is 11.6 Å². The summed E-state index contributed by atoms with van der Waals surface area (Å²) >= 11 is 5.56. The number of amides is 1. The summed E-state index contributed by atoms with van der Waals surface area (Å²) in [7, 11) is 0. The summed E-state index contributed by atoms with van der Waals surface area (Å²) < 4.78 is 0. The van der Waals surface area contributed by atoms with Gasteiger partial charge in [-0.3, -0.25) is 9.78 Å². The van der Waals surface area contributed by atoms with E-state index in [-0.39, 0.29) is 11.8 Å². The molecule has 1 fully saturated rings. The maximum atomic E-state index is 11.4. The van der Waals surface area contributed by atoms with Crippen molar-refractivity contribution in [3.8, 4) is 22.5 Å². The van der Waals surface area contributed by atoms with Gasteiger partial charge >= 0.3 is 0 Å². The average Bonchev–Trinajstić information content (AvgIpc) is 2.83. The second kappa shape index (κ2) is 9.72. The van der Waals surface area contributed by atoms with Crippen molar-refractivity contribution < 1.29 is 4.79 Å². The van der Waals surface area contributed by atoms with Crippen molar-refractivity contribution in [2.75, 3.05) is 30.4 Å². The molecule has 0 unspecified atom stereocenters. The first kappa shape index (κ1) is 20.4. The topological polar surface area (TPSA) is 58.1 Å². The smallest absolute Gasteiger partial charge is 0.234 e. The van der Waals surface area contributed by atoms with E-state index in [2.05, 4.69) is 34.5 Å². The minimum atomic E-state index is -0.103. The molecule has 1 N–H and O–H groups in total. The van der Waals surface area contributed by atoms with Gasteiger partial charge in [0.15, 0.2) is 0 Å². The predicted molar refractivity (Wildman–Crippen MR) is 122 cm³/mol. The Hall–Kier alpha value is -2.92. The molecule has 0 saturated carbocycles. The average molecular weight is 421 g/mol. The Morgan fingerprint density at radius 1 is 0.967 bits per heavy atom. The number of benzene rings is 2. The zero-order chi connectivity index (χ0) is 20.8. The number of carbonyl (C=O) groups is 1. The highest BCUT2D eigenvalue weighted by molar-refractivity contribution is 6.27. The fourth-order valence-corrected chi connectivity index (χ4v) is 3.90. The number of alkyl halides is 1. The van der Waals surface area contributed by atoms with E-state index in [0.717, 1.165) is 54.3 Å². The van der Waals surface area contributed by atoms with Crippen molar-refractivity contribution in [3.05, 3.63) is 66.9 Å². The number of halogens is 1. The van der Waals surface area contributed by atoms with Crippen LogP contribution in [0.5, 0.6) is 0 Å². The largest absolute Gasteiger partial charge is 0.355 e. The third kappa shape index (κ3) is 4.79. The molecule has 0 spiro atoms. The van der Waals surface area contributed by atoms with Gasteiger partial charge in [0.05, 0.1) is 17.6 Å². The van der Waals surface area contributed by atoms with Crippen molar-refractivity contribution in [1.82, 2.24) is 15.3 Å². The van der Waals surface area contributed by atoms with Crippen LogP contribution < -0.4 is 10.2 Å². The molecule has 6 heteroatoms. The minimum Gasteiger partial charge on any atom is -0.355 e. The summed E-state index contributed by atoms with van der Waals surface area (Å²) in [6.45, 7) is 2.48. The molecule has 1 aliphatic rings. The summed E-state index contributed by atoms with van der Waals surface area (Å²) in [5, 5.41) is 2.90. The Balaban J connectivity index is 1.55. The second-order valence-corrected chi connectivity index (χ2v) is 7.79. The number of hydrogen-bond donors (Lipinski definition) is 1. The first-order valence-corrected chi connectivity index (χ1v) is 10.8. The first-order chi connectivity index (χ1) is 14.7. The maximum absolute atomic E-state index is 11.4. The molecular weight excluding hydrogens is 396 g/mol. The summed E-state index contributed by atoms with van der Waals surface area (Å²) in [4.78, 5) is 23.5. The van der Waals surface area contributed by atoms with Gasteiger partial charge in [0.2, 0.25) is 5.91 Å². The van der Waals surface area contributed by atoms with Gasteiger partial charge in [0, 0.05) is 30.8 Å². The van der Waals surface area contributed by atoms with E-state index >= 15 is 0 Å².